The molecule has 0 amide bonds. The van der Waals surface area contributed by atoms with Gasteiger partial charge in [0.1, 0.15) is 5.82 Å². The third kappa shape index (κ3) is 2.78. The molecule has 2 aromatic rings. The average Bonchev–Trinajstić information content (AvgIpc) is 2.77. The summed E-state index contributed by atoms with van der Waals surface area (Å²) in [6, 6.07) is 5.05. The highest BCUT2D eigenvalue weighted by molar-refractivity contribution is 5.92. The number of carbonyl (C=O) groups is 1. The zero-order valence-electron chi connectivity index (χ0n) is 13.2. The first-order valence-corrected chi connectivity index (χ1v) is 7.03. The van der Waals surface area contributed by atoms with Gasteiger partial charge in [-0.1, -0.05) is 13.8 Å². The Balaban J connectivity index is 2.76. The Bertz CT molecular complexity index is 671. The molecule has 21 heavy (non-hydrogen) atoms. The molecule has 0 saturated heterocycles. The standard InChI is InChI=1S/C16H22N2O3/c1-10(2)14-17-12-7-6-11(15(19)20)8-13(12)18(14)16(3,4)9-21-5/h6-8,10H,9H2,1-5H3,(H,19,20). The van der Waals surface area contributed by atoms with Crippen molar-refractivity contribution in [2.45, 2.75) is 39.2 Å². The van der Waals surface area contributed by atoms with Gasteiger partial charge in [-0.3, -0.25) is 0 Å². The highest BCUT2D eigenvalue weighted by atomic mass is 16.5. The lowest BCUT2D eigenvalue weighted by molar-refractivity contribution is 0.0697. The Kier molecular flexibility index (Phi) is 4.05. The van der Waals surface area contributed by atoms with Crippen molar-refractivity contribution in [3.05, 3.63) is 29.6 Å². The van der Waals surface area contributed by atoms with Crippen molar-refractivity contribution in [2.75, 3.05) is 13.7 Å². The molecule has 1 aromatic heterocycles. The summed E-state index contributed by atoms with van der Waals surface area (Å²) in [7, 11) is 1.67. The number of fused-ring (bicyclic) bond motifs is 1. The summed E-state index contributed by atoms with van der Waals surface area (Å²) in [5.41, 5.74) is 1.61. The SMILES string of the molecule is COCC(C)(C)n1c(C(C)C)nc2ccc(C(=O)O)cc21. The molecule has 0 radical (unpaired) electrons. The van der Waals surface area contributed by atoms with E-state index < -0.39 is 5.97 Å². The highest BCUT2D eigenvalue weighted by Gasteiger charge is 2.27. The lowest BCUT2D eigenvalue weighted by Crippen LogP contribution is -2.33. The van der Waals surface area contributed by atoms with E-state index in [1.165, 1.54) is 0 Å². The lowest BCUT2D eigenvalue weighted by atomic mass is 10.0. The molecule has 0 atom stereocenters. The number of methoxy groups -OCH3 is 1. The summed E-state index contributed by atoms with van der Waals surface area (Å²) in [5, 5.41) is 9.20. The van der Waals surface area contributed by atoms with Crippen molar-refractivity contribution < 1.29 is 14.6 Å². The quantitative estimate of drug-likeness (QED) is 0.918. The molecule has 1 N–H and O–H groups in total. The lowest BCUT2D eigenvalue weighted by Gasteiger charge is -2.29. The van der Waals surface area contributed by atoms with E-state index in [0.717, 1.165) is 16.9 Å². The third-order valence-corrected chi connectivity index (χ3v) is 3.55. The molecule has 0 aliphatic carbocycles. The van der Waals surface area contributed by atoms with E-state index in [0.29, 0.717) is 6.61 Å². The number of ether oxygens (including phenoxy) is 1. The van der Waals surface area contributed by atoms with E-state index in [-0.39, 0.29) is 17.0 Å². The van der Waals surface area contributed by atoms with Gasteiger partial charge in [-0.05, 0) is 32.0 Å². The first-order chi connectivity index (χ1) is 9.77. The Morgan fingerprint density at radius 3 is 2.62 bits per heavy atom. The van der Waals surface area contributed by atoms with Gasteiger partial charge < -0.3 is 14.4 Å². The number of carboxylic acid groups (broad SMARTS) is 1. The minimum atomic E-state index is -0.930. The van der Waals surface area contributed by atoms with Crippen molar-refractivity contribution in [1.29, 1.82) is 0 Å². The van der Waals surface area contributed by atoms with Crippen molar-refractivity contribution in [3.63, 3.8) is 0 Å². The maximum absolute atomic E-state index is 11.2. The van der Waals surface area contributed by atoms with Gasteiger partial charge in [0.25, 0.3) is 0 Å². The average molecular weight is 290 g/mol. The Hall–Kier alpha value is -1.88. The number of carboxylic acids is 1. The van der Waals surface area contributed by atoms with E-state index in [2.05, 4.69) is 37.2 Å². The van der Waals surface area contributed by atoms with Gasteiger partial charge in [0.05, 0.1) is 28.7 Å². The predicted octanol–water partition coefficient (Wildman–Crippen LogP) is 3.24. The van der Waals surface area contributed by atoms with Crippen LogP contribution in [-0.2, 0) is 10.3 Å². The molecular formula is C16H22N2O3. The first kappa shape index (κ1) is 15.5. The van der Waals surface area contributed by atoms with Crippen LogP contribution in [0.25, 0.3) is 11.0 Å². The Morgan fingerprint density at radius 1 is 1.43 bits per heavy atom. The van der Waals surface area contributed by atoms with Gasteiger partial charge in [-0.25, -0.2) is 9.78 Å². The summed E-state index contributed by atoms with van der Waals surface area (Å²) < 4.78 is 7.43. The molecule has 0 unspecified atom stereocenters. The van der Waals surface area contributed by atoms with Gasteiger partial charge in [0.15, 0.2) is 0 Å². The van der Waals surface area contributed by atoms with Crippen LogP contribution < -0.4 is 0 Å². The number of benzene rings is 1. The van der Waals surface area contributed by atoms with Crippen molar-refractivity contribution in [2.24, 2.45) is 0 Å². The van der Waals surface area contributed by atoms with Gasteiger partial charge >= 0.3 is 5.97 Å². The van der Waals surface area contributed by atoms with Crippen LogP contribution in [0.4, 0.5) is 0 Å². The normalized spacial score (nSPS) is 12.3. The monoisotopic (exact) mass is 290 g/mol. The summed E-state index contributed by atoms with van der Waals surface area (Å²) >= 11 is 0. The highest BCUT2D eigenvalue weighted by Crippen LogP contribution is 2.30. The fraction of sp³-hybridized carbons (Fsp3) is 0.500. The van der Waals surface area contributed by atoms with Crippen molar-refractivity contribution in [1.82, 2.24) is 9.55 Å². The van der Waals surface area contributed by atoms with Gasteiger partial charge in [0, 0.05) is 13.0 Å². The van der Waals surface area contributed by atoms with Gasteiger partial charge in [-0.15, -0.1) is 0 Å². The summed E-state index contributed by atoms with van der Waals surface area (Å²) in [5.74, 6) is 0.247. The minimum absolute atomic E-state index is 0.238. The van der Waals surface area contributed by atoms with Crippen LogP contribution in [0.1, 0.15) is 49.8 Å². The number of hydrogen-bond acceptors (Lipinski definition) is 3. The van der Waals surface area contributed by atoms with E-state index in [4.69, 9.17) is 4.74 Å². The van der Waals surface area contributed by atoms with Gasteiger partial charge in [0.2, 0.25) is 0 Å². The summed E-state index contributed by atoms with van der Waals surface area (Å²) in [4.78, 5) is 15.9. The smallest absolute Gasteiger partial charge is 0.335 e. The topological polar surface area (TPSA) is 64.4 Å². The van der Waals surface area contributed by atoms with Crippen LogP contribution in [0.3, 0.4) is 0 Å². The predicted molar refractivity (Wildman–Crippen MR) is 82.0 cm³/mol. The largest absolute Gasteiger partial charge is 0.478 e. The van der Waals surface area contributed by atoms with Crippen LogP contribution in [0.2, 0.25) is 0 Å². The second-order valence-corrected chi connectivity index (χ2v) is 6.21. The molecule has 0 saturated carbocycles. The molecule has 0 spiro atoms. The molecular weight excluding hydrogens is 268 g/mol. The molecule has 0 bridgehead atoms. The summed E-state index contributed by atoms with van der Waals surface area (Å²) in [6.07, 6.45) is 0. The molecule has 2 rings (SSSR count). The van der Waals surface area contributed by atoms with E-state index in [1.54, 1.807) is 25.3 Å². The molecule has 5 nitrogen and oxygen atoms in total. The number of aromatic carboxylic acids is 1. The van der Waals surface area contributed by atoms with E-state index in [9.17, 15) is 9.90 Å². The van der Waals surface area contributed by atoms with Crippen LogP contribution in [-0.4, -0.2) is 34.3 Å². The zero-order chi connectivity index (χ0) is 15.8. The Labute approximate surface area is 124 Å². The molecule has 5 heteroatoms. The molecule has 0 aliphatic heterocycles. The first-order valence-electron chi connectivity index (χ1n) is 7.03. The third-order valence-electron chi connectivity index (χ3n) is 3.55. The second kappa shape index (κ2) is 5.48. The van der Waals surface area contributed by atoms with Crippen LogP contribution in [0.5, 0.6) is 0 Å². The number of aromatic nitrogens is 2. The van der Waals surface area contributed by atoms with Crippen molar-refractivity contribution >= 4 is 17.0 Å². The molecule has 0 fully saturated rings. The van der Waals surface area contributed by atoms with Crippen LogP contribution in [0.15, 0.2) is 18.2 Å². The maximum Gasteiger partial charge on any atom is 0.335 e. The molecule has 1 aromatic carbocycles. The number of imidazole rings is 1. The van der Waals surface area contributed by atoms with E-state index in [1.807, 2.05) is 0 Å². The molecule has 1 heterocycles. The fourth-order valence-corrected chi connectivity index (χ4v) is 2.67. The molecule has 114 valence electrons. The van der Waals surface area contributed by atoms with Gasteiger partial charge in [-0.2, -0.15) is 0 Å². The minimum Gasteiger partial charge on any atom is -0.478 e. The zero-order valence-corrected chi connectivity index (χ0v) is 13.2. The Morgan fingerprint density at radius 2 is 2.10 bits per heavy atom. The van der Waals surface area contributed by atoms with Crippen LogP contribution >= 0.6 is 0 Å². The fourth-order valence-electron chi connectivity index (χ4n) is 2.67. The maximum atomic E-state index is 11.2. The van der Waals surface area contributed by atoms with Crippen molar-refractivity contribution in [3.8, 4) is 0 Å². The van der Waals surface area contributed by atoms with E-state index >= 15 is 0 Å². The molecule has 0 aliphatic rings. The number of rotatable bonds is 5. The second-order valence-electron chi connectivity index (χ2n) is 6.21. The summed E-state index contributed by atoms with van der Waals surface area (Å²) in [6.45, 7) is 8.82. The number of hydrogen-bond donors (Lipinski definition) is 1. The van der Waals surface area contributed by atoms with Crippen LogP contribution in [0, 0.1) is 0 Å². The number of nitrogens with zero attached hydrogens (tertiary/aromatic N) is 2.